The first kappa shape index (κ1) is 23.9. The largest absolute Gasteiger partial charge is 0.437 e. The number of ether oxygens (including phenoxy) is 1. The maximum atomic E-state index is 13.2. The normalized spacial score (nSPS) is 12.3. The summed E-state index contributed by atoms with van der Waals surface area (Å²) < 4.78 is 46.9. The summed E-state index contributed by atoms with van der Waals surface area (Å²) in [6.45, 7) is 1.60. The molecule has 4 rings (SSSR count). The van der Waals surface area contributed by atoms with Crippen molar-refractivity contribution in [1.29, 1.82) is 5.26 Å². The van der Waals surface area contributed by atoms with Crippen LogP contribution < -0.4 is 10.5 Å². The van der Waals surface area contributed by atoms with Gasteiger partial charge in [-0.1, -0.05) is 12.1 Å². The van der Waals surface area contributed by atoms with Crippen molar-refractivity contribution in [2.75, 3.05) is 6.54 Å². The van der Waals surface area contributed by atoms with Gasteiger partial charge in [0.15, 0.2) is 5.75 Å². The van der Waals surface area contributed by atoms with Gasteiger partial charge in [-0.25, -0.2) is 9.67 Å². The monoisotopic (exact) mass is 480 g/mol. The van der Waals surface area contributed by atoms with Crippen molar-refractivity contribution in [3.63, 3.8) is 0 Å². The molecule has 8 nitrogen and oxygen atoms in total. The van der Waals surface area contributed by atoms with E-state index in [0.717, 1.165) is 12.1 Å². The van der Waals surface area contributed by atoms with Gasteiger partial charge in [-0.15, -0.1) is 0 Å². The first-order valence-corrected chi connectivity index (χ1v) is 10.4. The molecule has 0 aliphatic heterocycles. The van der Waals surface area contributed by atoms with Gasteiger partial charge in [-0.3, -0.25) is 0 Å². The van der Waals surface area contributed by atoms with Crippen molar-refractivity contribution in [3.05, 3.63) is 83.4 Å². The number of nitriles is 1. The SMILES string of the molecule is Cc1nc(Oc2cc(C#N)ccc2-n2cc([C@H](O)CN)cn2)cc(-c2cccc(C(F)(F)F)c2)n1. The number of nitrogens with two attached hydrogens (primary N) is 1. The number of alkyl halides is 3. The Balaban J connectivity index is 1.74. The average Bonchev–Trinajstić information content (AvgIpc) is 3.33. The lowest BCUT2D eigenvalue weighted by Gasteiger charge is -2.13. The highest BCUT2D eigenvalue weighted by Gasteiger charge is 2.30. The summed E-state index contributed by atoms with van der Waals surface area (Å²) in [6, 6.07) is 12.9. The van der Waals surface area contributed by atoms with Gasteiger partial charge in [0, 0.05) is 36.0 Å². The van der Waals surface area contributed by atoms with E-state index in [2.05, 4.69) is 15.1 Å². The second kappa shape index (κ2) is 9.54. The Morgan fingerprint density at radius 3 is 2.69 bits per heavy atom. The van der Waals surface area contributed by atoms with Crippen LogP contribution in [-0.4, -0.2) is 31.4 Å². The molecule has 0 unspecified atom stereocenters. The molecule has 0 radical (unpaired) electrons. The molecule has 0 saturated carbocycles. The summed E-state index contributed by atoms with van der Waals surface area (Å²) >= 11 is 0. The average molecular weight is 480 g/mol. The van der Waals surface area contributed by atoms with E-state index in [9.17, 15) is 23.5 Å². The second-order valence-corrected chi connectivity index (χ2v) is 7.58. The van der Waals surface area contributed by atoms with E-state index in [4.69, 9.17) is 10.5 Å². The molecule has 2 aromatic carbocycles. The van der Waals surface area contributed by atoms with E-state index in [-0.39, 0.29) is 35.3 Å². The molecular formula is C24H19F3N6O2. The number of hydrogen-bond donors (Lipinski definition) is 2. The van der Waals surface area contributed by atoms with Crippen LogP contribution in [0.3, 0.4) is 0 Å². The number of rotatable bonds is 6. The Kier molecular flexibility index (Phi) is 6.50. The summed E-state index contributed by atoms with van der Waals surface area (Å²) in [5.74, 6) is 0.560. The Morgan fingerprint density at radius 2 is 1.97 bits per heavy atom. The molecule has 1 atom stereocenters. The first-order chi connectivity index (χ1) is 16.7. The van der Waals surface area contributed by atoms with E-state index >= 15 is 0 Å². The molecule has 2 aromatic heterocycles. The van der Waals surface area contributed by atoms with Crippen LogP contribution in [0.15, 0.2) is 60.9 Å². The van der Waals surface area contributed by atoms with Crippen LogP contribution in [0.1, 0.15) is 28.6 Å². The fourth-order valence-corrected chi connectivity index (χ4v) is 3.34. The van der Waals surface area contributed by atoms with Gasteiger partial charge in [0.1, 0.15) is 11.5 Å². The number of nitrogens with zero attached hydrogens (tertiary/aromatic N) is 5. The maximum Gasteiger partial charge on any atom is 0.416 e. The highest BCUT2D eigenvalue weighted by atomic mass is 19.4. The zero-order chi connectivity index (χ0) is 25.2. The Morgan fingerprint density at radius 1 is 1.17 bits per heavy atom. The molecule has 11 heteroatoms. The minimum Gasteiger partial charge on any atom is -0.437 e. The molecule has 0 spiro atoms. The summed E-state index contributed by atoms with van der Waals surface area (Å²) in [5, 5.41) is 23.5. The molecule has 2 heterocycles. The molecular weight excluding hydrogens is 461 g/mol. The van der Waals surface area contributed by atoms with Gasteiger partial charge in [-0.2, -0.15) is 28.5 Å². The first-order valence-electron chi connectivity index (χ1n) is 10.4. The van der Waals surface area contributed by atoms with Crippen LogP contribution in [0.25, 0.3) is 16.9 Å². The molecule has 0 aliphatic rings. The fraction of sp³-hybridized carbons (Fsp3) is 0.167. The van der Waals surface area contributed by atoms with Crippen LogP contribution in [0.4, 0.5) is 13.2 Å². The number of aromatic nitrogens is 4. The Bertz CT molecular complexity index is 1410. The number of hydrogen-bond acceptors (Lipinski definition) is 7. The summed E-state index contributed by atoms with van der Waals surface area (Å²) in [5.41, 5.74) is 6.43. The fourth-order valence-electron chi connectivity index (χ4n) is 3.34. The van der Waals surface area contributed by atoms with Gasteiger partial charge in [-0.05, 0) is 31.2 Å². The predicted molar refractivity (Wildman–Crippen MR) is 120 cm³/mol. The van der Waals surface area contributed by atoms with Crippen molar-refractivity contribution < 1.29 is 23.0 Å². The van der Waals surface area contributed by atoms with E-state index in [1.165, 1.54) is 35.1 Å². The number of benzene rings is 2. The van der Waals surface area contributed by atoms with Crippen LogP contribution in [0, 0.1) is 18.3 Å². The van der Waals surface area contributed by atoms with E-state index in [1.807, 2.05) is 6.07 Å². The third kappa shape index (κ3) is 5.29. The zero-order valence-corrected chi connectivity index (χ0v) is 18.4. The molecule has 35 heavy (non-hydrogen) atoms. The second-order valence-electron chi connectivity index (χ2n) is 7.58. The zero-order valence-electron chi connectivity index (χ0n) is 18.4. The lowest BCUT2D eigenvalue weighted by molar-refractivity contribution is -0.137. The minimum atomic E-state index is -4.50. The Hall–Kier alpha value is -4.27. The maximum absolute atomic E-state index is 13.2. The van der Waals surface area contributed by atoms with Crippen LogP contribution in [0.5, 0.6) is 11.6 Å². The molecule has 4 aromatic rings. The van der Waals surface area contributed by atoms with Crippen LogP contribution >= 0.6 is 0 Å². The van der Waals surface area contributed by atoms with Gasteiger partial charge in [0.25, 0.3) is 0 Å². The van der Waals surface area contributed by atoms with E-state index in [0.29, 0.717) is 16.8 Å². The number of aliphatic hydroxyl groups is 1. The van der Waals surface area contributed by atoms with Crippen LogP contribution in [0.2, 0.25) is 0 Å². The quantitative estimate of drug-likeness (QED) is 0.421. The van der Waals surface area contributed by atoms with Gasteiger partial charge in [0.05, 0.1) is 35.2 Å². The van der Waals surface area contributed by atoms with Crippen molar-refractivity contribution in [3.8, 4) is 34.6 Å². The predicted octanol–water partition coefficient (Wildman–Crippen LogP) is 4.31. The van der Waals surface area contributed by atoms with E-state index < -0.39 is 17.8 Å². The van der Waals surface area contributed by atoms with Crippen molar-refractivity contribution in [2.45, 2.75) is 19.2 Å². The lowest BCUT2D eigenvalue weighted by Crippen LogP contribution is -2.10. The molecule has 0 aliphatic carbocycles. The smallest absolute Gasteiger partial charge is 0.416 e. The molecule has 0 fully saturated rings. The third-order valence-corrected chi connectivity index (χ3v) is 5.06. The number of halogens is 3. The summed E-state index contributed by atoms with van der Waals surface area (Å²) in [7, 11) is 0. The summed E-state index contributed by atoms with van der Waals surface area (Å²) in [6.07, 6.45) is -2.36. The Labute approximate surface area is 198 Å². The molecule has 3 N–H and O–H groups in total. The third-order valence-electron chi connectivity index (χ3n) is 5.06. The molecule has 0 bridgehead atoms. The lowest BCUT2D eigenvalue weighted by atomic mass is 10.1. The van der Waals surface area contributed by atoms with Gasteiger partial charge in [0.2, 0.25) is 5.88 Å². The highest BCUT2D eigenvalue weighted by Crippen LogP contribution is 2.34. The summed E-state index contributed by atoms with van der Waals surface area (Å²) in [4.78, 5) is 8.49. The molecule has 0 saturated heterocycles. The van der Waals surface area contributed by atoms with E-state index in [1.54, 1.807) is 25.3 Å². The minimum absolute atomic E-state index is 0.0148. The van der Waals surface area contributed by atoms with Gasteiger partial charge >= 0.3 is 6.18 Å². The standard InChI is InChI=1S/C24H19F3N6O2/c1-14-31-19(16-3-2-4-18(8-16)24(25,26)27)9-23(32-14)35-22-7-15(10-28)5-6-20(22)33-13-17(12-30-33)21(34)11-29/h2-9,12-13,21,34H,11,29H2,1H3/t21-/m1/s1. The molecule has 0 amide bonds. The number of aliphatic hydroxyl groups excluding tert-OH is 1. The molecule has 178 valence electrons. The highest BCUT2D eigenvalue weighted by molar-refractivity contribution is 5.62. The van der Waals surface area contributed by atoms with Crippen molar-refractivity contribution >= 4 is 0 Å². The van der Waals surface area contributed by atoms with Crippen LogP contribution in [-0.2, 0) is 6.18 Å². The van der Waals surface area contributed by atoms with Gasteiger partial charge < -0.3 is 15.6 Å². The van der Waals surface area contributed by atoms with Crippen molar-refractivity contribution in [2.24, 2.45) is 5.73 Å². The topological polar surface area (TPSA) is 123 Å². The number of aryl methyl sites for hydroxylation is 1. The van der Waals surface area contributed by atoms with Crippen molar-refractivity contribution in [1.82, 2.24) is 19.7 Å².